The zero-order valence-corrected chi connectivity index (χ0v) is 21.5. The molecule has 0 unspecified atom stereocenters. The number of carbonyl (C=O) groups is 2. The van der Waals surface area contributed by atoms with Gasteiger partial charge in [0.05, 0.1) is 12.2 Å². The Balaban J connectivity index is 1.54. The maximum Gasteiger partial charge on any atom is 0.404 e. The molecular formula is C28H31N5O5. The number of benzene rings is 2. The zero-order valence-electron chi connectivity index (χ0n) is 21.5. The van der Waals surface area contributed by atoms with Gasteiger partial charge in [0, 0.05) is 31.6 Å². The minimum atomic E-state index is -1.10. The highest BCUT2D eigenvalue weighted by Gasteiger charge is 2.19. The van der Waals surface area contributed by atoms with Gasteiger partial charge in [-0.05, 0) is 44.4 Å². The minimum absolute atomic E-state index is 0.128. The van der Waals surface area contributed by atoms with Crippen molar-refractivity contribution in [2.24, 2.45) is 0 Å². The van der Waals surface area contributed by atoms with Gasteiger partial charge in [0.2, 0.25) is 0 Å². The van der Waals surface area contributed by atoms with Crippen LogP contribution in [-0.2, 0) is 13.0 Å². The van der Waals surface area contributed by atoms with Crippen molar-refractivity contribution in [1.82, 2.24) is 24.9 Å². The second kappa shape index (κ2) is 12.2. The van der Waals surface area contributed by atoms with E-state index in [-0.39, 0.29) is 23.7 Å². The summed E-state index contributed by atoms with van der Waals surface area (Å²) in [7, 11) is 0. The van der Waals surface area contributed by atoms with Crippen molar-refractivity contribution < 1.29 is 19.2 Å². The SMILES string of the molecule is Cc1ccc(C(=O)N(CCCNC(=O)O)CCCc2nc3onc(C)c3c(=O)n2Cc2ccccc2)cc1. The molecular weight excluding hydrogens is 486 g/mol. The molecule has 38 heavy (non-hydrogen) atoms. The van der Waals surface area contributed by atoms with Crippen LogP contribution in [0.3, 0.4) is 0 Å². The van der Waals surface area contributed by atoms with Crippen LogP contribution < -0.4 is 10.9 Å². The highest BCUT2D eigenvalue weighted by molar-refractivity contribution is 5.94. The van der Waals surface area contributed by atoms with Crippen LogP contribution in [0.1, 0.15) is 45.8 Å². The van der Waals surface area contributed by atoms with Crippen molar-refractivity contribution in [3.05, 3.63) is 93.2 Å². The van der Waals surface area contributed by atoms with E-state index in [0.29, 0.717) is 61.4 Å². The van der Waals surface area contributed by atoms with Gasteiger partial charge in [-0.2, -0.15) is 4.98 Å². The first-order valence-electron chi connectivity index (χ1n) is 12.6. The number of carbonyl (C=O) groups excluding carboxylic acids is 1. The van der Waals surface area contributed by atoms with Crippen LogP contribution in [0.5, 0.6) is 0 Å². The number of carboxylic acid groups (broad SMARTS) is 1. The van der Waals surface area contributed by atoms with Gasteiger partial charge in [-0.3, -0.25) is 14.2 Å². The lowest BCUT2D eigenvalue weighted by Crippen LogP contribution is -2.35. The molecule has 2 N–H and O–H groups in total. The quantitative estimate of drug-likeness (QED) is 0.290. The van der Waals surface area contributed by atoms with Crippen molar-refractivity contribution in [1.29, 1.82) is 0 Å². The number of hydrogen-bond donors (Lipinski definition) is 2. The van der Waals surface area contributed by atoms with Gasteiger partial charge < -0.3 is 19.8 Å². The molecule has 0 aliphatic heterocycles. The Morgan fingerprint density at radius 3 is 2.45 bits per heavy atom. The van der Waals surface area contributed by atoms with Crippen LogP contribution in [0.15, 0.2) is 63.9 Å². The first-order valence-corrected chi connectivity index (χ1v) is 12.6. The fourth-order valence-electron chi connectivity index (χ4n) is 4.32. The Morgan fingerprint density at radius 1 is 1.03 bits per heavy atom. The van der Waals surface area contributed by atoms with Crippen LogP contribution >= 0.6 is 0 Å². The molecule has 2 aromatic carbocycles. The van der Waals surface area contributed by atoms with Gasteiger partial charge in [-0.15, -0.1) is 0 Å². The van der Waals surface area contributed by atoms with Crippen LogP contribution in [-0.4, -0.2) is 56.3 Å². The average molecular weight is 518 g/mol. The Hall–Kier alpha value is -4.47. The first-order chi connectivity index (χ1) is 18.3. The van der Waals surface area contributed by atoms with Crippen molar-refractivity contribution in [2.75, 3.05) is 19.6 Å². The highest BCUT2D eigenvalue weighted by Crippen LogP contribution is 2.15. The number of hydrogen-bond acceptors (Lipinski definition) is 6. The van der Waals surface area contributed by atoms with Gasteiger partial charge in [0.15, 0.2) is 0 Å². The van der Waals surface area contributed by atoms with Crippen LogP contribution in [0.2, 0.25) is 0 Å². The summed E-state index contributed by atoms with van der Waals surface area (Å²) in [4.78, 5) is 43.8. The molecule has 0 aliphatic carbocycles. The molecule has 10 nitrogen and oxygen atoms in total. The smallest absolute Gasteiger partial charge is 0.404 e. The Morgan fingerprint density at radius 2 is 1.74 bits per heavy atom. The second-order valence-electron chi connectivity index (χ2n) is 9.20. The number of aromatic nitrogens is 3. The molecule has 0 atom stereocenters. The molecule has 0 radical (unpaired) electrons. The first kappa shape index (κ1) is 26.6. The lowest BCUT2D eigenvalue weighted by Gasteiger charge is -2.23. The van der Waals surface area contributed by atoms with E-state index >= 15 is 0 Å². The monoisotopic (exact) mass is 517 g/mol. The van der Waals surface area contributed by atoms with Crippen molar-refractivity contribution >= 4 is 23.1 Å². The standard InChI is InChI=1S/C28H31N5O5/c1-19-11-13-22(14-12-19)26(34)32(17-7-15-29-28(36)37)16-6-10-23-30-25-24(20(2)31-38-25)27(35)33(23)18-21-8-4-3-5-9-21/h3-5,8-9,11-14,29H,6-7,10,15-18H2,1-2H3,(H,36,37). The molecule has 198 valence electrons. The Kier molecular flexibility index (Phi) is 8.52. The van der Waals surface area contributed by atoms with E-state index in [9.17, 15) is 14.4 Å². The third-order valence-corrected chi connectivity index (χ3v) is 6.32. The van der Waals surface area contributed by atoms with E-state index in [0.717, 1.165) is 11.1 Å². The van der Waals surface area contributed by atoms with E-state index in [1.165, 1.54) is 0 Å². The molecule has 2 aromatic heterocycles. The van der Waals surface area contributed by atoms with Gasteiger partial charge in [-0.1, -0.05) is 53.2 Å². The normalized spacial score (nSPS) is 11.0. The number of nitrogens with zero attached hydrogens (tertiary/aromatic N) is 4. The zero-order chi connectivity index (χ0) is 27.1. The maximum atomic E-state index is 13.4. The number of nitrogens with one attached hydrogen (secondary N) is 1. The van der Waals surface area contributed by atoms with Gasteiger partial charge in [0.1, 0.15) is 11.2 Å². The third kappa shape index (κ3) is 6.44. The van der Waals surface area contributed by atoms with Crippen molar-refractivity contribution in [3.8, 4) is 0 Å². The number of aryl methyl sites for hydroxylation is 3. The van der Waals surface area contributed by atoms with E-state index in [1.54, 1.807) is 28.5 Å². The molecule has 4 aromatic rings. The van der Waals surface area contributed by atoms with Crippen LogP contribution in [0.25, 0.3) is 11.1 Å². The summed E-state index contributed by atoms with van der Waals surface area (Å²) in [5.74, 6) is 0.425. The molecule has 0 aliphatic rings. The molecule has 0 saturated carbocycles. The number of amides is 2. The molecule has 4 rings (SSSR count). The molecule has 0 saturated heterocycles. The Bertz CT molecular complexity index is 1460. The Labute approximate surface area is 219 Å². The third-order valence-electron chi connectivity index (χ3n) is 6.32. The second-order valence-corrected chi connectivity index (χ2v) is 9.20. The largest absolute Gasteiger partial charge is 0.465 e. The highest BCUT2D eigenvalue weighted by atomic mass is 16.5. The van der Waals surface area contributed by atoms with Crippen molar-refractivity contribution in [3.63, 3.8) is 0 Å². The summed E-state index contributed by atoms with van der Waals surface area (Å²) in [5, 5.41) is 15.5. The van der Waals surface area contributed by atoms with E-state index in [1.807, 2.05) is 49.4 Å². The maximum absolute atomic E-state index is 13.4. The predicted octanol–water partition coefficient (Wildman–Crippen LogP) is 3.78. The van der Waals surface area contributed by atoms with Gasteiger partial charge in [-0.25, -0.2) is 4.79 Å². The van der Waals surface area contributed by atoms with Crippen LogP contribution in [0.4, 0.5) is 4.79 Å². The lowest BCUT2D eigenvalue weighted by atomic mass is 10.1. The fourth-order valence-corrected chi connectivity index (χ4v) is 4.32. The topological polar surface area (TPSA) is 131 Å². The summed E-state index contributed by atoms with van der Waals surface area (Å²) in [5.41, 5.74) is 3.08. The fraction of sp³-hybridized carbons (Fsp3) is 0.321. The molecule has 10 heteroatoms. The van der Waals surface area contributed by atoms with Gasteiger partial charge >= 0.3 is 6.09 Å². The molecule has 0 fully saturated rings. The lowest BCUT2D eigenvalue weighted by molar-refractivity contribution is 0.0751. The summed E-state index contributed by atoms with van der Waals surface area (Å²) >= 11 is 0. The summed E-state index contributed by atoms with van der Waals surface area (Å²) in [6.45, 7) is 5.07. The molecule has 2 heterocycles. The van der Waals surface area contributed by atoms with E-state index in [2.05, 4.69) is 15.5 Å². The molecule has 0 spiro atoms. The van der Waals surface area contributed by atoms with Gasteiger partial charge in [0.25, 0.3) is 17.2 Å². The van der Waals surface area contributed by atoms with Crippen LogP contribution in [0, 0.1) is 13.8 Å². The average Bonchev–Trinajstić information content (AvgIpc) is 3.28. The molecule has 2 amide bonds. The van der Waals surface area contributed by atoms with E-state index in [4.69, 9.17) is 9.63 Å². The van der Waals surface area contributed by atoms with Crippen molar-refractivity contribution in [2.45, 2.75) is 39.7 Å². The number of fused-ring (bicyclic) bond motifs is 1. The summed E-state index contributed by atoms with van der Waals surface area (Å²) in [6, 6.07) is 17.0. The molecule has 0 bridgehead atoms. The minimum Gasteiger partial charge on any atom is -0.465 e. The predicted molar refractivity (Wildman–Crippen MR) is 142 cm³/mol. The summed E-state index contributed by atoms with van der Waals surface area (Å²) < 4.78 is 6.94. The van der Waals surface area contributed by atoms with E-state index < -0.39 is 6.09 Å². The summed E-state index contributed by atoms with van der Waals surface area (Å²) in [6.07, 6.45) is 0.360. The number of rotatable bonds is 11.